The summed E-state index contributed by atoms with van der Waals surface area (Å²) in [5.41, 5.74) is 8.62. The number of nitrogen functional groups attached to an aromatic ring is 1. The second-order valence-corrected chi connectivity index (χ2v) is 6.85. The van der Waals surface area contributed by atoms with Gasteiger partial charge in [-0.15, -0.1) is 0 Å². The zero-order valence-electron chi connectivity index (χ0n) is 16.1. The number of benzene rings is 2. The van der Waals surface area contributed by atoms with Gasteiger partial charge in [0.05, 0.1) is 23.1 Å². The second kappa shape index (κ2) is 9.10. The highest BCUT2D eigenvalue weighted by atomic mass is 35.5. The Kier molecular flexibility index (Phi) is 5.91. The number of hydrogen-bond donors (Lipinski definition) is 3. The van der Waals surface area contributed by atoms with Crippen LogP contribution in [-0.4, -0.2) is 21.0 Å². The molecule has 0 bridgehead atoms. The summed E-state index contributed by atoms with van der Waals surface area (Å²) in [5, 5.41) is 5.87. The molecule has 2 aromatic heterocycles. The molecule has 154 valence electrons. The first kappa shape index (κ1) is 20.1. The minimum Gasteiger partial charge on any atom is -0.424 e. The molecule has 2 heterocycles. The summed E-state index contributed by atoms with van der Waals surface area (Å²) in [7, 11) is 0. The summed E-state index contributed by atoms with van der Waals surface area (Å²) in [5.74, 6) is 0.931. The zero-order chi connectivity index (χ0) is 21.6. The van der Waals surface area contributed by atoms with Crippen LogP contribution in [0.2, 0.25) is 5.02 Å². The Morgan fingerprint density at radius 3 is 2.26 bits per heavy atom. The van der Waals surface area contributed by atoms with Crippen LogP contribution in [0.3, 0.4) is 0 Å². The fourth-order valence-corrected chi connectivity index (χ4v) is 2.90. The normalized spacial score (nSPS) is 10.4. The molecule has 2 amide bonds. The van der Waals surface area contributed by atoms with E-state index in [1.807, 2.05) is 30.3 Å². The standard InChI is InChI=1S/C22H17ClN6O2/c23-15-10-19(20(24)25-11-15)14-6-8-18(9-7-14)31-22-26-12-17(13-27-22)29-21(30)28-16-4-2-1-3-5-16/h1-13H,(H2,24,25)(H2,28,29,30). The van der Waals surface area contributed by atoms with Gasteiger partial charge in [0.15, 0.2) is 0 Å². The summed E-state index contributed by atoms with van der Waals surface area (Å²) in [6.07, 6.45) is 4.41. The third-order valence-corrected chi connectivity index (χ3v) is 4.38. The highest BCUT2D eigenvalue weighted by Gasteiger charge is 2.08. The van der Waals surface area contributed by atoms with E-state index < -0.39 is 6.03 Å². The van der Waals surface area contributed by atoms with E-state index in [1.54, 1.807) is 30.3 Å². The molecule has 0 saturated heterocycles. The number of carbonyl (C=O) groups excluding carboxylic acids is 1. The van der Waals surface area contributed by atoms with E-state index in [4.69, 9.17) is 22.1 Å². The molecule has 8 nitrogen and oxygen atoms in total. The van der Waals surface area contributed by atoms with Gasteiger partial charge in [0, 0.05) is 17.4 Å². The number of nitrogens with one attached hydrogen (secondary N) is 2. The maximum absolute atomic E-state index is 12.0. The molecule has 2 aromatic carbocycles. The Morgan fingerprint density at radius 1 is 0.871 bits per heavy atom. The number of rotatable bonds is 5. The smallest absolute Gasteiger partial charge is 0.323 e. The maximum atomic E-state index is 12.0. The summed E-state index contributed by atoms with van der Waals surface area (Å²) in [4.78, 5) is 24.3. The number of pyridine rings is 1. The lowest BCUT2D eigenvalue weighted by Gasteiger charge is -2.09. The first-order chi connectivity index (χ1) is 15.1. The Hall–Kier alpha value is -4.17. The molecule has 9 heteroatoms. The van der Waals surface area contributed by atoms with Crippen molar-refractivity contribution >= 4 is 34.8 Å². The molecule has 4 N–H and O–H groups in total. The van der Waals surface area contributed by atoms with Gasteiger partial charge in [-0.1, -0.05) is 41.9 Å². The molecule has 0 aliphatic rings. The minimum atomic E-state index is -0.395. The van der Waals surface area contributed by atoms with Crippen molar-refractivity contribution in [1.82, 2.24) is 15.0 Å². The quantitative estimate of drug-likeness (QED) is 0.398. The van der Waals surface area contributed by atoms with Gasteiger partial charge in [-0.25, -0.2) is 19.7 Å². The Labute approximate surface area is 183 Å². The van der Waals surface area contributed by atoms with E-state index in [1.165, 1.54) is 18.6 Å². The maximum Gasteiger partial charge on any atom is 0.323 e. The molecule has 0 radical (unpaired) electrons. The van der Waals surface area contributed by atoms with Crippen LogP contribution in [0.5, 0.6) is 11.8 Å². The van der Waals surface area contributed by atoms with Gasteiger partial charge < -0.3 is 21.1 Å². The van der Waals surface area contributed by atoms with Gasteiger partial charge in [0.25, 0.3) is 0 Å². The van der Waals surface area contributed by atoms with Crippen molar-refractivity contribution in [3.8, 4) is 22.9 Å². The summed E-state index contributed by atoms with van der Waals surface area (Å²) in [6.45, 7) is 0. The van der Waals surface area contributed by atoms with Gasteiger partial charge in [-0.05, 0) is 35.9 Å². The monoisotopic (exact) mass is 432 g/mol. The lowest BCUT2D eigenvalue weighted by Crippen LogP contribution is -2.19. The van der Waals surface area contributed by atoms with Crippen LogP contribution in [0, 0.1) is 0 Å². The third kappa shape index (κ3) is 5.26. The van der Waals surface area contributed by atoms with E-state index >= 15 is 0 Å². The molecule has 4 rings (SSSR count). The van der Waals surface area contributed by atoms with E-state index in [-0.39, 0.29) is 6.01 Å². The van der Waals surface area contributed by atoms with Crippen molar-refractivity contribution in [2.45, 2.75) is 0 Å². The molecule has 0 unspecified atom stereocenters. The summed E-state index contributed by atoms with van der Waals surface area (Å²) in [6, 6.07) is 17.8. The number of anilines is 3. The number of ether oxygens (including phenoxy) is 1. The Balaban J connectivity index is 1.37. The molecule has 31 heavy (non-hydrogen) atoms. The molecule has 0 saturated carbocycles. The molecule has 0 atom stereocenters. The number of halogens is 1. The number of para-hydroxylation sites is 1. The van der Waals surface area contributed by atoms with Crippen LogP contribution in [0.25, 0.3) is 11.1 Å². The van der Waals surface area contributed by atoms with Gasteiger partial charge in [-0.2, -0.15) is 0 Å². The fraction of sp³-hybridized carbons (Fsp3) is 0. The van der Waals surface area contributed by atoms with E-state index in [0.29, 0.717) is 28.0 Å². The summed E-state index contributed by atoms with van der Waals surface area (Å²) < 4.78 is 5.66. The number of hydrogen-bond acceptors (Lipinski definition) is 6. The number of nitrogens with two attached hydrogens (primary N) is 1. The predicted molar refractivity (Wildman–Crippen MR) is 120 cm³/mol. The van der Waals surface area contributed by atoms with Crippen LogP contribution in [-0.2, 0) is 0 Å². The van der Waals surface area contributed by atoms with Crippen LogP contribution < -0.4 is 21.1 Å². The molecule has 4 aromatic rings. The van der Waals surface area contributed by atoms with Crippen LogP contribution in [0.15, 0.2) is 79.3 Å². The van der Waals surface area contributed by atoms with Gasteiger partial charge in [0.2, 0.25) is 0 Å². The van der Waals surface area contributed by atoms with Crippen molar-refractivity contribution in [1.29, 1.82) is 0 Å². The minimum absolute atomic E-state index is 0.144. The SMILES string of the molecule is Nc1ncc(Cl)cc1-c1ccc(Oc2ncc(NC(=O)Nc3ccccc3)cn2)cc1. The highest BCUT2D eigenvalue weighted by molar-refractivity contribution is 6.30. The molecular weight excluding hydrogens is 416 g/mol. The van der Waals surface area contributed by atoms with Crippen molar-refractivity contribution in [2.24, 2.45) is 0 Å². The van der Waals surface area contributed by atoms with Crippen molar-refractivity contribution in [3.05, 3.63) is 84.3 Å². The molecule has 0 fully saturated rings. The van der Waals surface area contributed by atoms with E-state index in [2.05, 4.69) is 25.6 Å². The predicted octanol–water partition coefficient (Wildman–Crippen LogP) is 5.21. The van der Waals surface area contributed by atoms with Gasteiger partial charge in [-0.3, -0.25) is 0 Å². The number of urea groups is 1. The Morgan fingerprint density at radius 2 is 1.55 bits per heavy atom. The lowest BCUT2D eigenvalue weighted by atomic mass is 10.1. The highest BCUT2D eigenvalue weighted by Crippen LogP contribution is 2.29. The number of amides is 2. The first-order valence-electron chi connectivity index (χ1n) is 9.21. The van der Waals surface area contributed by atoms with Crippen LogP contribution in [0.1, 0.15) is 0 Å². The first-order valence-corrected chi connectivity index (χ1v) is 9.59. The number of aromatic nitrogens is 3. The average molecular weight is 433 g/mol. The zero-order valence-corrected chi connectivity index (χ0v) is 16.9. The molecule has 0 aliphatic carbocycles. The van der Waals surface area contributed by atoms with Crippen LogP contribution >= 0.6 is 11.6 Å². The van der Waals surface area contributed by atoms with E-state index in [0.717, 1.165) is 11.1 Å². The largest absolute Gasteiger partial charge is 0.424 e. The van der Waals surface area contributed by atoms with Crippen molar-refractivity contribution in [3.63, 3.8) is 0 Å². The number of nitrogens with zero attached hydrogens (tertiary/aromatic N) is 3. The van der Waals surface area contributed by atoms with Crippen molar-refractivity contribution in [2.75, 3.05) is 16.4 Å². The number of carbonyl (C=O) groups is 1. The lowest BCUT2D eigenvalue weighted by molar-refractivity contribution is 0.262. The Bertz CT molecular complexity index is 1190. The summed E-state index contributed by atoms with van der Waals surface area (Å²) >= 11 is 6.00. The van der Waals surface area contributed by atoms with Gasteiger partial charge in [0.1, 0.15) is 11.6 Å². The average Bonchev–Trinajstić information content (AvgIpc) is 2.78. The molecule has 0 aliphatic heterocycles. The van der Waals surface area contributed by atoms with Crippen molar-refractivity contribution < 1.29 is 9.53 Å². The third-order valence-electron chi connectivity index (χ3n) is 4.18. The molecule has 0 spiro atoms. The van der Waals surface area contributed by atoms with E-state index in [9.17, 15) is 4.79 Å². The molecular formula is C22H17ClN6O2. The topological polar surface area (TPSA) is 115 Å². The van der Waals surface area contributed by atoms with Gasteiger partial charge >= 0.3 is 12.0 Å². The van der Waals surface area contributed by atoms with Crippen LogP contribution in [0.4, 0.5) is 22.0 Å². The fourth-order valence-electron chi connectivity index (χ4n) is 2.74. The second-order valence-electron chi connectivity index (χ2n) is 6.41.